The molecule has 2 heterocycles. The number of likely N-dealkylation sites (tertiary alicyclic amines) is 1. The Hall–Kier alpha value is -2.63. The summed E-state index contributed by atoms with van der Waals surface area (Å²) in [7, 11) is 0. The van der Waals surface area contributed by atoms with Crippen molar-refractivity contribution in [1.29, 1.82) is 0 Å². The molecule has 0 radical (unpaired) electrons. The summed E-state index contributed by atoms with van der Waals surface area (Å²) >= 11 is 0. The summed E-state index contributed by atoms with van der Waals surface area (Å²) in [6.45, 7) is 0.766. The monoisotopic (exact) mass is 380 g/mol. The van der Waals surface area contributed by atoms with Crippen LogP contribution < -0.4 is 5.73 Å². The maximum absolute atomic E-state index is 13.4. The van der Waals surface area contributed by atoms with Crippen molar-refractivity contribution in [1.82, 2.24) is 14.9 Å². The van der Waals surface area contributed by atoms with Crippen LogP contribution in [0.1, 0.15) is 65.8 Å². The normalized spacial score (nSPS) is 19.3. The second-order valence-corrected chi connectivity index (χ2v) is 7.92. The van der Waals surface area contributed by atoms with E-state index >= 15 is 0 Å². The van der Waals surface area contributed by atoms with Gasteiger partial charge in [-0.25, -0.2) is 9.97 Å². The molecule has 0 spiro atoms. The summed E-state index contributed by atoms with van der Waals surface area (Å²) in [4.78, 5) is 24.2. The molecule has 6 nitrogen and oxygen atoms in total. The zero-order chi connectivity index (χ0) is 19.5. The first-order chi connectivity index (χ1) is 13.6. The second kappa shape index (κ2) is 8.17. The van der Waals surface area contributed by atoms with Crippen molar-refractivity contribution in [2.24, 2.45) is 0 Å². The molecule has 1 unspecified atom stereocenters. The lowest BCUT2D eigenvalue weighted by Crippen LogP contribution is -2.44. The standard InChI is InChI=1S/C22H28N4O2/c23-22-24-19-10-2-1-9-18(19)20(25-22)21(28)26-13-4-3-7-16(26)12-11-15-6-5-8-17(27)14-15/h5-6,8,14,16,27H,1-4,7,9-13H2,(H2,23,24,25). The summed E-state index contributed by atoms with van der Waals surface area (Å²) in [6, 6.07) is 7.57. The number of benzene rings is 1. The number of anilines is 1. The zero-order valence-corrected chi connectivity index (χ0v) is 16.2. The van der Waals surface area contributed by atoms with E-state index in [2.05, 4.69) is 9.97 Å². The van der Waals surface area contributed by atoms with Crippen LogP contribution >= 0.6 is 0 Å². The molecule has 28 heavy (non-hydrogen) atoms. The number of hydrogen-bond donors (Lipinski definition) is 2. The molecule has 148 valence electrons. The summed E-state index contributed by atoms with van der Waals surface area (Å²) < 4.78 is 0. The fourth-order valence-corrected chi connectivity index (χ4v) is 4.54. The number of hydrogen-bond acceptors (Lipinski definition) is 5. The van der Waals surface area contributed by atoms with Gasteiger partial charge in [0, 0.05) is 23.8 Å². The van der Waals surface area contributed by atoms with Gasteiger partial charge in [-0.3, -0.25) is 4.79 Å². The lowest BCUT2D eigenvalue weighted by molar-refractivity contribution is 0.0594. The average molecular weight is 380 g/mol. The Kier molecular flexibility index (Phi) is 5.46. The van der Waals surface area contributed by atoms with E-state index in [4.69, 9.17) is 5.73 Å². The molecule has 1 aromatic heterocycles. The number of aryl methyl sites for hydroxylation is 2. The van der Waals surface area contributed by atoms with Gasteiger partial charge in [0.25, 0.3) is 5.91 Å². The zero-order valence-electron chi connectivity index (χ0n) is 16.2. The number of nitrogens with two attached hydrogens (primary N) is 1. The molecule has 2 aliphatic rings. The minimum Gasteiger partial charge on any atom is -0.508 e. The molecule has 1 aromatic carbocycles. The van der Waals surface area contributed by atoms with E-state index in [1.807, 2.05) is 17.0 Å². The summed E-state index contributed by atoms with van der Waals surface area (Å²) in [5.41, 5.74) is 9.49. The number of nitrogens with zero attached hydrogens (tertiary/aromatic N) is 3. The molecular formula is C22H28N4O2. The molecular weight excluding hydrogens is 352 g/mol. The van der Waals surface area contributed by atoms with Crippen molar-refractivity contribution in [2.45, 2.75) is 63.8 Å². The van der Waals surface area contributed by atoms with Crippen LogP contribution in [0.3, 0.4) is 0 Å². The molecule has 4 rings (SSSR count). The minimum absolute atomic E-state index is 0.00728. The molecule has 1 saturated heterocycles. The Morgan fingerprint density at radius 3 is 2.89 bits per heavy atom. The highest BCUT2D eigenvalue weighted by Crippen LogP contribution is 2.28. The van der Waals surface area contributed by atoms with Crippen molar-refractivity contribution in [3.63, 3.8) is 0 Å². The average Bonchev–Trinajstić information content (AvgIpc) is 2.71. The summed E-state index contributed by atoms with van der Waals surface area (Å²) in [5, 5.41) is 9.69. The van der Waals surface area contributed by atoms with E-state index in [0.717, 1.165) is 81.2 Å². The van der Waals surface area contributed by atoms with Crippen LogP contribution in [-0.2, 0) is 19.3 Å². The predicted octanol–water partition coefficient (Wildman–Crippen LogP) is 3.27. The van der Waals surface area contributed by atoms with Crippen molar-refractivity contribution in [2.75, 3.05) is 12.3 Å². The number of piperidine rings is 1. The Bertz CT molecular complexity index is 868. The van der Waals surface area contributed by atoms with Crippen LogP contribution in [0, 0.1) is 0 Å². The maximum atomic E-state index is 13.4. The van der Waals surface area contributed by atoms with Gasteiger partial charge in [-0.05, 0) is 75.5 Å². The van der Waals surface area contributed by atoms with Gasteiger partial charge in [-0.15, -0.1) is 0 Å². The number of phenols is 1. The van der Waals surface area contributed by atoms with Gasteiger partial charge in [0.1, 0.15) is 11.4 Å². The number of amides is 1. The lowest BCUT2D eigenvalue weighted by Gasteiger charge is -2.36. The second-order valence-electron chi connectivity index (χ2n) is 7.92. The first kappa shape index (κ1) is 18.7. The van der Waals surface area contributed by atoms with Crippen molar-refractivity contribution in [3.05, 3.63) is 46.8 Å². The Morgan fingerprint density at radius 1 is 1.18 bits per heavy atom. The lowest BCUT2D eigenvalue weighted by atomic mass is 9.92. The van der Waals surface area contributed by atoms with E-state index in [0.29, 0.717) is 5.69 Å². The van der Waals surface area contributed by atoms with E-state index < -0.39 is 0 Å². The molecule has 0 saturated carbocycles. The molecule has 3 N–H and O–H groups in total. The van der Waals surface area contributed by atoms with Crippen LogP contribution in [0.4, 0.5) is 5.95 Å². The SMILES string of the molecule is Nc1nc2c(c(C(=O)N3CCCCC3CCc3cccc(O)c3)n1)CCCC2. The number of aromatic hydroxyl groups is 1. The smallest absolute Gasteiger partial charge is 0.273 e. The van der Waals surface area contributed by atoms with Gasteiger partial charge in [-0.1, -0.05) is 12.1 Å². The van der Waals surface area contributed by atoms with Crippen molar-refractivity contribution < 1.29 is 9.90 Å². The van der Waals surface area contributed by atoms with Gasteiger partial charge in [-0.2, -0.15) is 0 Å². The molecule has 6 heteroatoms. The maximum Gasteiger partial charge on any atom is 0.273 e. The molecule has 1 atom stereocenters. The third-order valence-corrected chi connectivity index (χ3v) is 5.97. The van der Waals surface area contributed by atoms with Gasteiger partial charge in [0.05, 0.1) is 0 Å². The number of carbonyl (C=O) groups is 1. The van der Waals surface area contributed by atoms with Crippen LogP contribution in [0.5, 0.6) is 5.75 Å². The van der Waals surface area contributed by atoms with E-state index in [1.165, 1.54) is 0 Å². The van der Waals surface area contributed by atoms with E-state index in [1.54, 1.807) is 12.1 Å². The number of aromatic nitrogens is 2. The van der Waals surface area contributed by atoms with Gasteiger partial charge in [0.15, 0.2) is 0 Å². The van der Waals surface area contributed by atoms with Crippen LogP contribution in [0.25, 0.3) is 0 Å². The van der Waals surface area contributed by atoms with Crippen LogP contribution in [-0.4, -0.2) is 38.5 Å². The minimum atomic E-state index is 0.00728. The highest BCUT2D eigenvalue weighted by atomic mass is 16.3. The predicted molar refractivity (Wildman–Crippen MR) is 108 cm³/mol. The Morgan fingerprint density at radius 2 is 2.04 bits per heavy atom. The molecule has 1 fully saturated rings. The third-order valence-electron chi connectivity index (χ3n) is 5.97. The largest absolute Gasteiger partial charge is 0.508 e. The quantitative estimate of drug-likeness (QED) is 0.849. The van der Waals surface area contributed by atoms with E-state index in [9.17, 15) is 9.90 Å². The van der Waals surface area contributed by atoms with Gasteiger partial charge < -0.3 is 15.7 Å². The fourth-order valence-electron chi connectivity index (χ4n) is 4.54. The first-order valence-corrected chi connectivity index (χ1v) is 10.4. The highest BCUT2D eigenvalue weighted by molar-refractivity contribution is 5.94. The number of nitrogen functional groups attached to an aromatic ring is 1. The molecule has 1 amide bonds. The fraction of sp³-hybridized carbons (Fsp3) is 0.500. The summed E-state index contributed by atoms with van der Waals surface area (Å²) in [6.07, 6.45) is 8.80. The third kappa shape index (κ3) is 3.96. The number of rotatable bonds is 4. The first-order valence-electron chi connectivity index (χ1n) is 10.4. The Balaban J connectivity index is 1.54. The molecule has 2 aromatic rings. The molecule has 0 bridgehead atoms. The van der Waals surface area contributed by atoms with Crippen LogP contribution in [0.15, 0.2) is 24.3 Å². The highest BCUT2D eigenvalue weighted by Gasteiger charge is 2.31. The van der Waals surface area contributed by atoms with Crippen molar-refractivity contribution in [3.8, 4) is 5.75 Å². The van der Waals surface area contributed by atoms with Crippen molar-refractivity contribution >= 4 is 11.9 Å². The van der Waals surface area contributed by atoms with Gasteiger partial charge >= 0.3 is 0 Å². The number of carbonyl (C=O) groups excluding carboxylic acids is 1. The molecule has 1 aliphatic heterocycles. The number of fused-ring (bicyclic) bond motifs is 1. The summed E-state index contributed by atoms with van der Waals surface area (Å²) in [5.74, 6) is 0.502. The topological polar surface area (TPSA) is 92.3 Å². The number of phenolic OH excluding ortho intramolecular Hbond substituents is 1. The van der Waals surface area contributed by atoms with Gasteiger partial charge in [0.2, 0.25) is 5.95 Å². The van der Waals surface area contributed by atoms with Crippen LogP contribution in [0.2, 0.25) is 0 Å². The van der Waals surface area contributed by atoms with E-state index in [-0.39, 0.29) is 23.6 Å². The Labute approximate surface area is 165 Å². The molecule has 1 aliphatic carbocycles.